The summed E-state index contributed by atoms with van der Waals surface area (Å²) < 4.78 is 32.2. The topological polar surface area (TPSA) is 61.5 Å². The molecule has 2 aliphatic heterocycles. The second-order valence-electron chi connectivity index (χ2n) is 7.19. The number of anilines is 2. The lowest BCUT2D eigenvalue weighted by Crippen LogP contribution is -2.27. The average molecular weight is 384 g/mol. The summed E-state index contributed by atoms with van der Waals surface area (Å²) in [6.45, 7) is 0.318. The number of H-pyrrole nitrogens is 1. The summed E-state index contributed by atoms with van der Waals surface area (Å²) in [6.07, 6.45) is 1.07. The minimum atomic E-state index is -2.63. The number of amides is 1. The summed E-state index contributed by atoms with van der Waals surface area (Å²) >= 11 is 0. The SMILES string of the molecule is O=C1OC[C@H](c2ccc(N3CCC(F)(F)C3)cc2)N1c1ccc2[nH]cnc2c1. The fraction of sp³-hybridized carbons (Fsp3) is 0.300. The molecule has 6 nitrogen and oxygen atoms in total. The molecule has 1 amide bonds. The summed E-state index contributed by atoms with van der Waals surface area (Å²) in [5.74, 6) is -2.63. The second kappa shape index (κ2) is 6.19. The molecule has 144 valence electrons. The molecule has 0 saturated carbocycles. The zero-order valence-corrected chi connectivity index (χ0v) is 14.9. The first kappa shape index (κ1) is 17.0. The normalized spacial score (nSPS) is 21.5. The summed E-state index contributed by atoms with van der Waals surface area (Å²) in [5.41, 5.74) is 4.01. The number of alkyl halides is 2. The van der Waals surface area contributed by atoms with Crippen LogP contribution >= 0.6 is 0 Å². The highest BCUT2D eigenvalue weighted by molar-refractivity contribution is 5.93. The van der Waals surface area contributed by atoms with Gasteiger partial charge >= 0.3 is 6.09 Å². The number of fused-ring (bicyclic) bond motifs is 1. The highest BCUT2D eigenvalue weighted by Gasteiger charge is 2.39. The lowest BCUT2D eigenvalue weighted by molar-refractivity contribution is 0.0257. The van der Waals surface area contributed by atoms with E-state index in [0.717, 1.165) is 22.3 Å². The van der Waals surface area contributed by atoms with Gasteiger partial charge in [0, 0.05) is 18.7 Å². The van der Waals surface area contributed by atoms with Gasteiger partial charge in [0.25, 0.3) is 5.92 Å². The molecule has 1 aromatic heterocycles. The average Bonchev–Trinajstić information content (AvgIpc) is 3.39. The van der Waals surface area contributed by atoms with Gasteiger partial charge in [-0.05, 0) is 35.9 Å². The van der Waals surface area contributed by atoms with E-state index >= 15 is 0 Å². The Kier molecular flexibility index (Phi) is 3.75. The van der Waals surface area contributed by atoms with E-state index in [9.17, 15) is 13.6 Å². The molecule has 8 heteroatoms. The Bertz CT molecular complexity index is 1030. The molecule has 3 aromatic rings. The van der Waals surface area contributed by atoms with Crippen LogP contribution in [0.5, 0.6) is 0 Å². The van der Waals surface area contributed by atoms with E-state index < -0.39 is 12.0 Å². The zero-order valence-electron chi connectivity index (χ0n) is 14.9. The molecule has 2 saturated heterocycles. The number of hydrogen-bond acceptors (Lipinski definition) is 4. The Morgan fingerprint density at radius 3 is 2.68 bits per heavy atom. The van der Waals surface area contributed by atoms with Crippen LogP contribution in [0.15, 0.2) is 48.8 Å². The van der Waals surface area contributed by atoms with Crippen LogP contribution in [-0.4, -0.2) is 41.7 Å². The monoisotopic (exact) mass is 384 g/mol. The van der Waals surface area contributed by atoms with Crippen LogP contribution in [-0.2, 0) is 4.74 Å². The summed E-state index contributed by atoms with van der Waals surface area (Å²) in [7, 11) is 0. The molecule has 0 unspecified atom stereocenters. The quantitative estimate of drug-likeness (QED) is 0.738. The van der Waals surface area contributed by atoms with Crippen LogP contribution in [0.4, 0.5) is 25.0 Å². The van der Waals surface area contributed by atoms with Crippen molar-refractivity contribution in [1.82, 2.24) is 9.97 Å². The van der Waals surface area contributed by atoms with E-state index in [4.69, 9.17) is 4.74 Å². The maximum atomic E-state index is 13.5. The Morgan fingerprint density at radius 1 is 1.14 bits per heavy atom. The third-order valence-electron chi connectivity index (χ3n) is 5.37. The maximum absolute atomic E-state index is 13.5. The highest BCUT2D eigenvalue weighted by Crippen LogP contribution is 2.36. The van der Waals surface area contributed by atoms with Crippen LogP contribution in [0.2, 0.25) is 0 Å². The zero-order chi connectivity index (χ0) is 19.3. The van der Waals surface area contributed by atoms with Crippen LogP contribution in [0.3, 0.4) is 0 Å². The Hall–Kier alpha value is -3.16. The van der Waals surface area contributed by atoms with Crippen molar-refractivity contribution >= 4 is 28.5 Å². The molecule has 0 aliphatic carbocycles. The first-order chi connectivity index (χ1) is 13.5. The third kappa shape index (κ3) is 2.85. The van der Waals surface area contributed by atoms with Crippen molar-refractivity contribution in [1.29, 1.82) is 0 Å². The molecule has 0 radical (unpaired) electrons. The summed E-state index contributed by atoms with van der Waals surface area (Å²) in [5, 5.41) is 0. The minimum Gasteiger partial charge on any atom is -0.447 e. The van der Waals surface area contributed by atoms with Crippen molar-refractivity contribution in [3.8, 4) is 0 Å². The van der Waals surface area contributed by atoms with Crippen LogP contribution < -0.4 is 9.80 Å². The van der Waals surface area contributed by atoms with Crippen LogP contribution in [0.1, 0.15) is 18.0 Å². The standard InChI is InChI=1S/C20H18F2N4O2/c21-20(22)7-8-25(11-20)14-3-1-13(2-4-14)18-10-28-19(27)26(18)15-5-6-16-17(9-15)24-12-23-16/h1-6,9,12,18H,7-8,10-11H2,(H,23,24)/t18-/m1/s1. The number of hydrogen-bond donors (Lipinski definition) is 1. The number of rotatable bonds is 3. The van der Waals surface area contributed by atoms with E-state index in [-0.39, 0.29) is 25.6 Å². The number of halogens is 2. The molecule has 2 aromatic carbocycles. The molecule has 0 spiro atoms. The van der Waals surface area contributed by atoms with Gasteiger partial charge in [0.2, 0.25) is 0 Å². The van der Waals surface area contributed by atoms with Gasteiger partial charge in [-0.15, -0.1) is 0 Å². The van der Waals surface area contributed by atoms with Crippen LogP contribution in [0.25, 0.3) is 11.0 Å². The molecule has 0 bridgehead atoms. The van der Waals surface area contributed by atoms with E-state index in [2.05, 4.69) is 9.97 Å². The first-order valence-corrected chi connectivity index (χ1v) is 9.12. The number of aromatic nitrogens is 2. The van der Waals surface area contributed by atoms with Gasteiger partial charge in [-0.25, -0.2) is 18.6 Å². The van der Waals surface area contributed by atoms with Gasteiger partial charge < -0.3 is 14.6 Å². The van der Waals surface area contributed by atoms with Gasteiger partial charge in [0.15, 0.2) is 0 Å². The second-order valence-corrected chi connectivity index (χ2v) is 7.19. The van der Waals surface area contributed by atoms with Crippen molar-refractivity contribution < 1.29 is 18.3 Å². The predicted octanol–water partition coefficient (Wildman–Crippen LogP) is 4.11. The van der Waals surface area contributed by atoms with Gasteiger partial charge in [-0.1, -0.05) is 12.1 Å². The van der Waals surface area contributed by atoms with E-state index in [1.165, 1.54) is 0 Å². The third-order valence-corrected chi connectivity index (χ3v) is 5.37. The van der Waals surface area contributed by atoms with Crippen molar-refractivity contribution in [3.63, 3.8) is 0 Å². The van der Waals surface area contributed by atoms with Gasteiger partial charge in [0.1, 0.15) is 6.61 Å². The minimum absolute atomic E-state index is 0.122. The number of nitrogens with one attached hydrogen (secondary N) is 1. The summed E-state index contributed by atoms with van der Waals surface area (Å²) in [4.78, 5) is 22.9. The van der Waals surface area contributed by atoms with Crippen molar-refractivity contribution in [2.24, 2.45) is 0 Å². The van der Waals surface area contributed by atoms with Gasteiger partial charge in [-0.2, -0.15) is 0 Å². The Balaban J connectivity index is 1.42. The Labute approximate surface area is 159 Å². The number of carbonyl (C=O) groups is 1. The largest absolute Gasteiger partial charge is 0.447 e. The molecular formula is C20H18F2N4O2. The molecule has 2 fully saturated rings. The molecular weight excluding hydrogens is 366 g/mol. The lowest BCUT2D eigenvalue weighted by Gasteiger charge is -2.23. The van der Waals surface area contributed by atoms with E-state index in [1.807, 2.05) is 42.5 Å². The highest BCUT2D eigenvalue weighted by atomic mass is 19.3. The Morgan fingerprint density at radius 2 is 1.93 bits per heavy atom. The fourth-order valence-corrected chi connectivity index (χ4v) is 3.89. The molecule has 1 N–H and O–H groups in total. The molecule has 3 heterocycles. The number of cyclic esters (lactones) is 1. The maximum Gasteiger partial charge on any atom is 0.415 e. The number of imidazole rings is 1. The van der Waals surface area contributed by atoms with Gasteiger partial charge in [0.05, 0.1) is 35.6 Å². The fourth-order valence-electron chi connectivity index (χ4n) is 3.89. The summed E-state index contributed by atoms with van der Waals surface area (Å²) in [6, 6.07) is 12.7. The number of nitrogens with zero attached hydrogens (tertiary/aromatic N) is 3. The number of benzene rings is 2. The van der Waals surface area contributed by atoms with Crippen molar-refractivity contribution in [2.75, 3.05) is 29.5 Å². The molecule has 1 atom stereocenters. The molecule has 5 rings (SSSR count). The first-order valence-electron chi connectivity index (χ1n) is 9.12. The predicted molar refractivity (Wildman–Crippen MR) is 101 cm³/mol. The molecule has 2 aliphatic rings. The van der Waals surface area contributed by atoms with Gasteiger partial charge in [-0.3, -0.25) is 4.90 Å². The number of ether oxygens (including phenoxy) is 1. The van der Waals surface area contributed by atoms with E-state index in [1.54, 1.807) is 16.1 Å². The number of aromatic amines is 1. The smallest absolute Gasteiger partial charge is 0.415 e. The van der Waals surface area contributed by atoms with Crippen molar-refractivity contribution in [3.05, 3.63) is 54.4 Å². The van der Waals surface area contributed by atoms with Crippen molar-refractivity contribution in [2.45, 2.75) is 18.4 Å². The lowest BCUT2D eigenvalue weighted by atomic mass is 10.1. The molecule has 28 heavy (non-hydrogen) atoms. The van der Waals surface area contributed by atoms with Crippen LogP contribution in [0, 0.1) is 0 Å². The number of carbonyl (C=O) groups excluding carboxylic acids is 1. The van der Waals surface area contributed by atoms with E-state index in [0.29, 0.717) is 12.2 Å².